The molecule has 2 aliphatic rings. The third kappa shape index (κ3) is 2.11. The second-order valence-electron chi connectivity index (χ2n) is 6.76. The van der Waals surface area contributed by atoms with Gasteiger partial charge in [0.15, 0.2) is 0 Å². The van der Waals surface area contributed by atoms with Crippen LogP contribution in [0.5, 0.6) is 0 Å². The third-order valence-corrected chi connectivity index (χ3v) is 5.58. The summed E-state index contributed by atoms with van der Waals surface area (Å²) in [6.45, 7) is 0. The van der Waals surface area contributed by atoms with Gasteiger partial charge in [-0.15, -0.1) is 0 Å². The smallest absolute Gasteiger partial charge is 0.0592 e. The van der Waals surface area contributed by atoms with Gasteiger partial charge in [0.2, 0.25) is 0 Å². The fraction of sp³-hybridized carbons (Fsp3) is 0.444. The molecule has 3 heteroatoms. The number of benzene rings is 1. The van der Waals surface area contributed by atoms with E-state index in [1.54, 1.807) is 12.4 Å². The Balaban J connectivity index is 1.70. The minimum Gasteiger partial charge on any atom is -0.398 e. The summed E-state index contributed by atoms with van der Waals surface area (Å²) in [7, 11) is 0. The first-order valence-electron chi connectivity index (χ1n) is 7.86. The number of hydrogen-bond acceptors (Lipinski definition) is 3. The van der Waals surface area contributed by atoms with E-state index in [9.17, 15) is 0 Å². The zero-order chi connectivity index (χ0) is 14.3. The summed E-state index contributed by atoms with van der Waals surface area (Å²) >= 11 is 0. The topological polar surface area (TPSA) is 51.8 Å². The van der Waals surface area contributed by atoms with Crippen LogP contribution in [0.25, 0.3) is 0 Å². The van der Waals surface area contributed by atoms with Crippen LogP contribution in [0.1, 0.15) is 42.9 Å². The fourth-order valence-electron chi connectivity index (χ4n) is 4.72. The molecule has 2 aromatic rings. The lowest BCUT2D eigenvalue weighted by molar-refractivity contribution is 0.244. The normalized spacial score (nSPS) is 30.7. The van der Waals surface area contributed by atoms with Crippen LogP contribution in [0, 0.1) is 11.3 Å². The minimum absolute atomic E-state index is 0.343. The van der Waals surface area contributed by atoms with Crippen molar-refractivity contribution < 1.29 is 0 Å². The summed E-state index contributed by atoms with van der Waals surface area (Å²) in [6.07, 6.45) is 11.8. The maximum Gasteiger partial charge on any atom is 0.0592 e. The predicted molar refractivity (Wildman–Crippen MR) is 83.7 cm³/mol. The summed E-state index contributed by atoms with van der Waals surface area (Å²) in [4.78, 5) is 8.74. The quantitative estimate of drug-likeness (QED) is 0.874. The Hall–Kier alpha value is -1.90. The van der Waals surface area contributed by atoms with Gasteiger partial charge in [-0.25, -0.2) is 0 Å². The number of nitrogens with zero attached hydrogens (tertiary/aromatic N) is 2. The van der Waals surface area contributed by atoms with Gasteiger partial charge in [-0.3, -0.25) is 9.97 Å². The van der Waals surface area contributed by atoms with Crippen molar-refractivity contribution in [2.75, 3.05) is 5.73 Å². The zero-order valence-corrected chi connectivity index (χ0v) is 12.2. The molecule has 0 aliphatic heterocycles. The van der Waals surface area contributed by atoms with Crippen molar-refractivity contribution in [3.63, 3.8) is 0 Å². The molecule has 2 N–H and O–H groups in total. The summed E-state index contributed by atoms with van der Waals surface area (Å²) in [5, 5.41) is 0. The Morgan fingerprint density at radius 3 is 2.90 bits per heavy atom. The van der Waals surface area contributed by atoms with Crippen LogP contribution < -0.4 is 5.73 Å². The van der Waals surface area contributed by atoms with Gasteiger partial charge in [-0.05, 0) is 61.0 Å². The van der Waals surface area contributed by atoms with E-state index in [2.05, 4.69) is 22.1 Å². The minimum atomic E-state index is 0.343. The highest BCUT2D eigenvalue weighted by Crippen LogP contribution is 2.63. The van der Waals surface area contributed by atoms with Crippen molar-refractivity contribution in [1.82, 2.24) is 9.97 Å². The Bertz CT molecular complexity index is 640. The van der Waals surface area contributed by atoms with Gasteiger partial charge in [0.1, 0.15) is 0 Å². The van der Waals surface area contributed by atoms with E-state index in [4.69, 9.17) is 5.73 Å². The molecule has 2 bridgehead atoms. The second-order valence-corrected chi connectivity index (χ2v) is 6.76. The number of anilines is 1. The van der Waals surface area contributed by atoms with Crippen molar-refractivity contribution in [2.45, 2.75) is 38.0 Å². The average molecular weight is 279 g/mol. The second kappa shape index (κ2) is 4.83. The number of para-hydroxylation sites is 1. The Labute approximate surface area is 125 Å². The lowest BCUT2D eigenvalue weighted by Gasteiger charge is -2.36. The van der Waals surface area contributed by atoms with E-state index >= 15 is 0 Å². The summed E-state index contributed by atoms with van der Waals surface area (Å²) in [6, 6.07) is 8.41. The fourth-order valence-corrected chi connectivity index (χ4v) is 4.72. The highest BCUT2D eigenvalue weighted by Gasteiger charge is 2.52. The molecule has 2 fully saturated rings. The van der Waals surface area contributed by atoms with Crippen molar-refractivity contribution >= 4 is 5.69 Å². The first-order valence-corrected chi connectivity index (χ1v) is 7.86. The predicted octanol–water partition coefficient (Wildman–Crippen LogP) is 3.58. The molecular formula is C18H21N3. The van der Waals surface area contributed by atoms with Crippen molar-refractivity contribution in [3.05, 3.63) is 54.1 Å². The molecular weight excluding hydrogens is 258 g/mol. The number of hydrogen-bond donors (Lipinski definition) is 1. The largest absolute Gasteiger partial charge is 0.398 e. The van der Waals surface area contributed by atoms with Crippen molar-refractivity contribution in [2.24, 2.45) is 11.3 Å². The van der Waals surface area contributed by atoms with E-state index in [0.29, 0.717) is 11.3 Å². The number of nitrogens with two attached hydrogens (primary N) is 1. The van der Waals surface area contributed by atoms with Gasteiger partial charge >= 0.3 is 0 Å². The number of nitrogen functional groups attached to an aromatic ring is 1. The van der Waals surface area contributed by atoms with Crippen LogP contribution >= 0.6 is 0 Å². The maximum atomic E-state index is 6.26. The highest BCUT2D eigenvalue weighted by molar-refractivity contribution is 5.50. The first kappa shape index (κ1) is 12.8. The zero-order valence-electron chi connectivity index (χ0n) is 12.2. The molecule has 2 aliphatic carbocycles. The number of fused-ring (bicyclic) bond motifs is 2. The third-order valence-electron chi connectivity index (χ3n) is 5.58. The van der Waals surface area contributed by atoms with Gasteiger partial charge < -0.3 is 5.73 Å². The molecule has 3 unspecified atom stereocenters. The molecule has 1 heterocycles. The van der Waals surface area contributed by atoms with Gasteiger partial charge in [0.05, 0.1) is 5.69 Å². The van der Waals surface area contributed by atoms with Crippen LogP contribution in [0.4, 0.5) is 5.69 Å². The Kier molecular flexibility index (Phi) is 2.95. The van der Waals surface area contributed by atoms with E-state index in [1.165, 1.54) is 31.2 Å². The molecule has 1 aromatic carbocycles. The monoisotopic (exact) mass is 279 g/mol. The number of rotatable bonds is 3. The molecule has 3 atom stereocenters. The van der Waals surface area contributed by atoms with Crippen molar-refractivity contribution in [1.29, 1.82) is 0 Å². The van der Waals surface area contributed by atoms with Crippen molar-refractivity contribution in [3.8, 4) is 0 Å². The van der Waals surface area contributed by atoms with Crippen LogP contribution in [-0.4, -0.2) is 9.97 Å². The van der Waals surface area contributed by atoms with Gasteiger partial charge in [-0.2, -0.15) is 0 Å². The molecule has 0 spiro atoms. The van der Waals surface area contributed by atoms with Crippen LogP contribution in [0.15, 0.2) is 42.9 Å². The van der Waals surface area contributed by atoms with Gasteiger partial charge in [-0.1, -0.05) is 18.2 Å². The van der Waals surface area contributed by atoms with E-state index in [1.807, 2.05) is 18.3 Å². The molecule has 0 saturated heterocycles. The SMILES string of the molecule is Nc1ccccc1C1CC2CCC1(Cc1cnccn1)C2. The molecule has 1 aromatic heterocycles. The molecule has 21 heavy (non-hydrogen) atoms. The van der Waals surface area contributed by atoms with E-state index in [-0.39, 0.29) is 0 Å². The Morgan fingerprint density at radius 1 is 1.24 bits per heavy atom. The summed E-state index contributed by atoms with van der Waals surface area (Å²) < 4.78 is 0. The molecule has 3 nitrogen and oxygen atoms in total. The molecule has 108 valence electrons. The number of aromatic nitrogens is 2. The van der Waals surface area contributed by atoms with Crippen LogP contribution in [-0.2, 0) is 6.42 Å². The molecule has 0 radical (unpaired) electrons. The molecule has 4 rings (SSSR count). The molecule has 0 amide bonds. The first-order chi connectivity index (χ1) is 10.3. The lowest BCUT2D eigenvalue weighted by atomic mass is 9.69. The van der Waals surface area contributed by atoms with Crippen LogP contribution in [0.3, 0.4) is 0 Å². The maximum absolute atomic E-state index is 6.26. The van der Waals surface area contributed by atoms with Gasteiger partial charge in [0.25, 0.3) is 0 Å². The summed E-state index contributed by atoms with van der Waals surface area (Å²) in [5.41, 5.74) is 10.0. The average Bonchev–Trinajstić information content (AvgIpc) is 3.06. The van der Waals surface area contributed by atoms with Gasteiger partial charge in [0, 0.05) is 24.3 Å². The van der Waals surface area contributed by atoms with Crippen LogP contribution in [0.2, 0.25) is 0 Å². The Morgan fingerprint density at radius 2 is 2.14 bits per heavy atom. The summed E-state index contributed by atoms with van der Waals surface area (Å²) in [5.74, 6) is 1.45. The standard InChI is InChI=1S/C18H21N3/c19-17-4-2-1-3-15(17)16-9-13-5-6-18(16,10-13)11-14-12-20-7-8-21-14/h1-4,7-8,12-13,16H,5-6,9-11,19H2. The lowest BCUT2D eigenvalue weighted by Crippen LogP contribution is -2.27. The van der Waals surface area contributed by atoms with E-state index in [0.717, 1.165) is 23.7 Å². The molecule has 2 saturated carbocycles. The van der Waals surface area contributed by atoms with E-state index < -0.39 is 0 Å². The highest BCUT2D eigenvalue weighted by atomic mass is 14.8.